The molecule has 6 heteroatoms. The largest absolute Gasteiger partial charge is 0.487 e. The Balaban J connectivity index is 1.41. The van der Waals surface area contributed by atoms with Gasteiger partial charge in [-0.1, -0.05) is 42.8 Å². The van der Waals surface area contributed by atoms with E-state index in [4.69, 9.17) is 9.15 Å². The second kappa shape index (κ2) is 9.59. The number of hydrogen-bond donors (Lipinski definition) is 2. The van der Waals surface area contributed by atoms with Gasteiger partial charge in [0.2, 0.25) is 0 Å². The fraction of sp³-hybridized carbons (Fsp3) is 0.286. The highest BCUT2D eigenvalue weighted by Crippen LogP contribution is 2.46. The molecule has 1 spiro atoms. The van der Waals surface area contributed by atoms with Gasteiger partial charge in [-0.15, -0.1) is 0 Å². The number of carbonyl (C=O) groups excluding carboxylic acids is 2. The minimum Gasteiger partial charge on any atom is -0.487 e. The molecule has 5 rings (SSSR count). The van der Waals surface area contributed by atoms with E-state index in [1.807, 2.05) is 30.3 Å². The lowest BCUT2D eigenvalue weighted by Gasteiger charge is -2.44. The van der Waals surface area contributed by atoms with Gasteiger partial charge in [-0.05, 0) is 56.0 Å². The van der Waals surface area contributed by atoms with Gasteiger partial charge in [0.05, 0.1) is 12.3 Å². The molecular formula is C28H28N2O4. The summed E-state index contributed by atoms with van der Waals surface area (Å²) in [6.07, 6.45) is 9.21. The van der Waals surface area contributed by atoms with E-state index < -0.39 is 0 Å². The Kier molecular flexibility index (Phi) is 6.21. The number of benzene rings is 2. The molecule has 1 aromatic heterocycles. The maximum Gasteiger partial charge on any atom is 0.268 e. The Hall–Kier alpha value is -3.80. The molecule has 2 aliphatic rings. The number of para-hydroxylation sites is 1. The van der Waals surface area contributed by atoms with E-state index in [0.717, 1.165) is 37.0 Å². The normalized spacial score (nSPS) is 19.1. The minimum absolute atomic E-state index is 0.130. The maximum absolute atomic E-state index is 13.5. The monoisotopic (exact) mass is 456 g/mol. The highest BCUT2D eigenvalue weighted by molar-refractivity contribution is 6.05. The first-order valence-electron chi connectivity index (χ1n) is 11.8. The Bertz CT molecular complexity index is 1180. The van der Waals surface area contributed by atoms with Gasteiger partial charge in [0.25, 0.3) is 11.8 Å². The molecule has 174 valence electrons. The lowest BCUT2D eigenvalue weighted by atomic mass is 9.77. The lowest BCUT2D eigenvalue weighted by molar-refractivity contribution is -0.119. The Labute approximate surface area is 199 Å². The van der Waals surface area contributed by atoms with Crippen LogP contribution in [-0.2, 0) is 4.79 Å². The number of carbonyl (C=O) groups is 2. The summed E-state index contributed by atoms with van der Waals surface area (Å²) in [7, 11) is 0. The second-order valence-electron chi connectivity index (χ2n) is 9.01. The van der Waals surface area contributed by atoms with Gasteiger partial charge in [-0.2, -0.15) is 0 Å². The molecule has 1 aliphatic heterocycles. The van der Waals surface area contributed by atoms with Gasteiger partial charge in [0.15, 0.2) is 0 Å². The zero-order chi connectivity index (χ0) is 23.4. The molecule has 2 heterocycles. The highest BCUT2D eigenvalue weighted by atomic mass is 16.5. The Morgan fingerprint density at radius 2 is 1.68 bits per heavy atom. The van der Waals surface area contributed by atoms with Crippen molar-refractivity contribution in [3.8, 4) is 5.75 Å². The first kappa shape index (κ1) is 22.0. The summed E-state index contributed by atoms with van der Waals surface area (Å²) in [4.78, 5) is 26.3. The van der Waals surface area contributed by atoms with Crippen molar-refractivity contribution in [1.82, 2.24) is 10.6 Å². The van der Waals surface area contributed by atoms with Crippen LogP contribution >= 0.6 is 0 Å². The predicted octanol–water partition coefficient (Wildman–Crippen LogP) is 5.39. The predicted molar refractivity (Wildman–Crippen MR) is 129 cm³/mol. The van der Waals surface area contributed by atoms with Crippen LogP contribution in [0.25, 0.3) is 6.08 Å². The van der Waals surface area contributed by atoms with Gasteiger partial charge in [0.1, 0.15) is 22.8 Å². The smallest absolute Gasteiger partial charge is 0.268 e. The van der Waals surface area contributed by atoms with Crippen molar-refractivity contribution in [3.05, 3.63) is 95.6 Å². The van der Waals surface area contributed by atoms with Crippen LogP contribution in [0.3, 0.4) is 0 Å². The van der Waals surface area contributed by atoms with Gasteiger partial charge in [-0.3, -0.25) is 9.59 Å². The van der Waals surface area contributed by atoms with Crippen molar-refractivity contribution >= 4 is 17.9 Å². The van der Waals surface area contributed by atoms with Crippen LogP contribution in [-0.4, -0.2) is 17.4 Å². The van der Waals surface area contributed by atoms with Crippen LogP contribution < -0.4 is 15.4 Å². The van der Waals surface area contributed by atoms with Gasteiger partial charge < -0.3 is 19.8 Å². The zero-order valence-corrected chi connectivity index (χ0v) is 19.0. The fourth-order valence-electron chi connectivity index (χ4n) is 4.94. The van der Waals surface area contributed by atoms with Crippen LogP contribution in [0.1, 0.15) is 66.2 Å². The van der Waals surface area contributed by atoms with E-state index in [1.54, 1.807) is 42.5 Å². The van der Waals surface area contributed by atoms with E-state index >= 15 is 0 Å². The number of fused-ring (bicyclic) bond motifs is 1. The molecule has 2 N–H and O–H groups in total. The van der Waals surface area contributed by atoms with E-state index in [0.29, 0.717) is 17.7 Å². The quantitative estimate of drug-likeness (QED) is 0.504. The number of furan rings is 1. The lowest BCUT2D eigenvalue weighted by Crippen LogP contribution is -2.47. The van der Waals surface area contributed by atoms with Crippen LogP contribution in [0.5, 0.6) is 5.75 Å². The van der Waals surface area contributed by atoms with Crippen LogP contribution in [0.15, 0.2) is 83.1 Å². The summed E-state index contributed by atoms with van der Waals surface area (Å²) in [6.45, 7) is 0. The van der Waals surface area contributed by atoms with Crippen LogP contribution in [0.4, 0.5) is 0 Å². The molecule has 0 bridgehead atoms. The average molecular weight is 457 g/mol. The molecule has 0 saturated heterocycles. The van der Waals surface area contributed by atoms with Crippen molar-refractivity contribution in [3.63, 3.8) is 0 Å². The molecule has 34 heavy (non-hydrogen) atoms. The Morgan fingerprint density at radius 3 is 2.44 bits per heavy atom. The SMILES string of the molecule is O=C(N[C@H]1CC2(CCCCC2)Oc2ccccc21)/C(=C/c1ccco1)NC(=O)c1ccccc1. The summed E-state index contributed by atoms with van der Waals surface area (Å²) in [5.74, 6) is 0.582. The van der Waals surface area contributed by atoms with Crippen molar-refractivity contribution < 1.29 is 18.7 Å². The van der Waals surface area contributed by atoms with Gasteiger partial charge in [-0.25, -0.2) is 0 Å². The summed E-state index contributed by atoms with van der Waals surface area (Å²) >= 11 is 0. The van der Waals surface area contributed by atoms with E-state index in [2.05, 4.69) is 10.6 Å². The number of ether oxygens (including phenoxy) is 1. The molecule has 2 aromatic carbocycles. The molecule has 6 nitrogen and oxygen atoms in total. The molecule has 1 atom stereocenters. The average Bonchev–Trinajstić information content (AvgIpc) is 3.38. The van der Waals surface area contributed by atoms with Crippen molar-refractivity contribution in [1.29, 1.82) is 0 Å². The van der Waals surface area contributed by atoms with Crippen LogP contribution in [0.2, 0.25) is 0 Å². The van der Waals surface area contributed by atoms with Crippen molar-refractivity contribution in [2.75, 3.05) is 0 Å². The topological polar surface area (TPSA) is 80.6 Å². The third-order valence-corrected chi connectivity index (χ3v) is 6.63. The second-order valence-corrected chi connectivity index (χ2v) is 9.01. The standard InChI is InChI=1S/C28H28N2O4/c31-26(20-10-3-1-4-11-20)29-23(18-21-12-9-17-33-21)27(32)30-24-19-28(15-7-2-8-16-28)34-25-14-6-5-13-22(24)25/h1,3-6,9-14,17-18,24H,2,7-8,15-16,19H2,(H,29,31)(H,30,32)/b23-18-/t24-/m0/s1. The highest BCUT2D eigenvalue weighted by Gasteiger charge is 2.42. The van der Waals surface area contributed by atoms with Gasteiger partial charge >= 0.3 is 0 Å². The molecule has 1 aliphatic carbocycles. The first-order chi connectivity index (χ1) is 16.6. The van der Waals surface area contributed by atoms with E-state index in [1.165, 1.54) is 12.7 Å². The zero-order valence-electron chi connectivity index (χ0n) is 19.0. The Morgan fingerprint density at radius 1 is 0.912 bits per heavy atom. The minimum atomic E-state index is -0.367. The molecule has 1 fully saturated rings. The number of nitrogens with one attached hydrogen (secondary N) is 2. The number of amides is 2. The van der Waals surface area contributed by atoms with Crippen molar-refractivity contribution in [2.45, 2.75) is 50.2 Å². The fourth-order valence-corrected chi connectivity index (χ4v) is 4.94. The van der Waals surface area contributed by atoms with Gasteiger partial charge in [0, 0.05) is 23.6 Å². The molecule has 2 amide bonds. The molecule has 3 aromatic rings. The van der Waals surface area contributed by atoms with E-state index in [9.17, 15) is 9.59 Å². The summed E-state index contributed by atoms with van der Waals surface area (Å²) in [5.41, 5.74) is 1.30. The van der Waals surface area contributed by atoms with Crippen molar-refractivity contribution in [2.24, 2.45) is 0 Å². The van der Waals surface area contributed by atoms with E-state index in [-0.39, 0.29) is 29.2 Å². The molecular weight excluding hydrogens is 428 g/mol. The molecule has 0 unspecified atom stereocenters. The summed E-state index contributed by atoms with van der Waals surface area (Å²) in [5, 5.41) is 5.95. The third kappa shape index (κ3) is 4.76. The summed E-state index contributed by atoms with van der Waals surface area (Å²) in [6, 6.07) is 20.0. The number of hydrogen-bond acceptors (Lipinski definition) is 4. The number of rotatable bonds is 5. The maximum atomic E-state index is 13.5. The van der Waals surface area contributed by atoms with Crippen LogP contribution in [0, 0.1) is 0 Å². The molecule has 1 saturated carbocycles. The molecule has 0 radical (unpaired) electrons. The summed E-state index contributed by atoms with van der Waals surface area (Å²) < 4.78 is 11.9. The first-order valence-corrected chi connectivity index (χ1v) is 11.8. The third-order valence-electron chi connectivity index (χ3n) is 6.63.